The molecule has 0 saturated heterocycles. The Morgan fingerprint density at radius 2 is 1.68 bits per heavy atom. The fourth-order valence-electron chi connectivity index (χ4n) is 1.42. The summed E-state index contributed by atoms with van der Waals surface area (Å²) in [5, 5.41) is 0. The van der Waals surface area contributed by atoms with Crippen molar-refractivity contribution in [2.24, 2.45) is 0 Å². The number of allylic oxidation sites excluding steroid dienone is 5. The van der Waals surface area contributed by atoms with Gasteiger partial charge in [0.1, 0.15) is 0 Å². The Hall–Kier alpha value is -0.430. The van der Waals surface area contributed by atoms with Crippen LogP contribution in [0.2, 0.25) is 0 Å². The van der Waals surface area contributed by atoms with Gasteiger partial charge in [0.05, 0.1) is 0 Å². The normalized spacial score (nSPS) is 11.5. The summed E-state index contributed by atoms with van der Waals surface area (Å²) >= 11 is 1.21. The second-order valence-corrected chi connectivity index (χ2v) is 4.87. The topological polar surface area (TPSA) is 0 Å². The second kappa shape index (κ2) is 11.4. The average Bonchev–Trinajstić information content (AvgIpc) is 2.47. The van der Waals surface area contributed by atoms with E-state index in [9.17, 15) is 0 Å². The van der Waals surface area contributed by atoms with Crippen molar-refractivity contribution in [2.45, 2.75) is 34.1 Å². The van der Waals surface area contributed by atoms with E-state index in [0.29, 0.717) is 0 Å². The summed E-state index contributed by atoms with van der Waals surface area (Å²) in [6.45, 7) is 12.4. The van der Waals surface area contributed by atoms with Crippen LogP contribution in [-0.2, 0) is 6.42 Å². The SMILES string of the molecule is C=C(Cc1ccccc1)/C(C)=C/C=C(\C)[CH]=[Ca].CC. The minimum absolute atomic E-state index is 0.930. The second-order valence-electron chi connectivity index (χ2n) is 4.23. The smallest absolute Gasteiger partial charge is 0.0683 e. The molecule has 1 aromatic carbocycles. The molecule has 1 aromatic rings. The van der Waals surface area contributed by atoms with Crippen LogP contribution in [0.3, 0.4) is 0 Å². The summed E-state index contributed by atoms with van der Waals surface area (Å²) in [7, 11) is 0. The summed E-state index contributed by atoms with van der Waals surface area (Å²) in [5.41, 5.74) is 5.10. The minimum atomic E-state index is 0.930. The van der Waals surface area contributed by atoms with E-state index in [1.165, 1.54) is 57.5 Å². The van der Waals surface area contributed by atoms with Crippen LogP contribution in [0.5, 0.6) is 0 Å². The quantitative estimate of drug-likeness (QED) is 0.543. The van der Waals surface area contributed by atoms with Crippen molar-refractivity contribution in [3.63, 3.8) is 0 Å². The Kier molecular flexibility index (Phi) is 11.1. The molecule has 0 atom stereocenters. The Morgan fingerprint density at radius 1 is 1.11 bits per heavy atom. The summed E-state index contributed by atoms with van der Waals surface area (Å²) in [6, 6.07) is 10.5. The average molecular weight is 280 g/mol. The zero-order chi connectivity index (χ0) is 14.7. The molecule has 0 aromatic heterocycles. The van der Waals surface area contributed by atoms with Gasteiger partial charge < -0.3 is 0 Å². The van der Waals surface area contributed by atoms with Crippen molar-refractivity contribution in [3.8, 4) is 0 Å². The van der Waals surface area contributed by atoms with Gasteiger partial charge in [-0.05, 0) is 0 Å². The molecule has 0 bridgehead atoms. The first kappa shape index (κ1) is 18.6. The van der Waals surface area contributed by atoms with Crippen LogP contribution in [0.1, 0.15) is 33.3 Å². The fourth-order valence-corrected chi connectivity index (χ4v) is 1.64. The third-order valence-corrected chi connectivity index (χ3v) is 3.74. The maximum Gasteiger partial charge on any atom is -0.0683 e. The van der Waals surface area contributed by atoms with Crippen molar-refractivity contribution >= 4 is 37.3 Å². The number of hydrogen-bond acceptors (Lipinski definition) is 0. The first-order valence-corrected chi connectivity index (χ1v) is 8.10. The molecule has 0 saturated carbocycles. The largest absolute Gasteiger partial charge is 0.0683 e. The van der Waals surface area contributed by atoms with Gasteiger partial charge in [0, 0.05) is 0 Å². The molecular weight excluding hydrogens is 256 g/mol. The van der Waals surface area contributed by atoms with E-state index >= 15 is 0 Å². The van der Waals surface area contributed by atoms with Gasteiger partial charge in [-0.3, -0.25) is 0 Å². The van der Waals surface area contributed by atoms with E-state index < -0.39 is 0 Å². The summed E-state index contributed by atoms with van der Waals surface area (Å²) in [5.74, 6) is 0. The molecule has 0 heterocycles. The van der Waals surface area contributed by atoms with Gasteiger partial charge >= 0.3 is 129 Å². The Bertz CT molecular complexity index is 450. The van der Waals surface area contributed by atoms with E-state index in [-0.39, 0.29) is 0 Å². The summed E-state index contributed by atoms with van der Waals surface area (Å²) in [4.78, 5) is 0. The van der Waals surface area contributed by atoms with Crippen LogP contribution in [0.25, 0.3) is 0 Å². The molecule has 0 radical (unpaired) electrons. The number of rotatable bonds is 5. The van der Waals surface area contributed by atoms with Gasteiger partial charge in [0.2, 0.25) is 0 Å². The van der Waals surface area contributed by atoms with Crippen molar-refractivity contribution in [3.05, 3.63) is 71.3 Å². The van der Waals surface area contributed by atoms with Gasteiger partial charge in [-0.2, -0.15) is 0 Å². The Morgan fingerprint density at radius 3 is 2.21 bits per heavy atom. The molecular formula is C18H24Ca. The molecule has 1 rings (SSSR count). The molecule has 0 nitrogen and oxygen atoms in total. The van der Waals surface area contributed by atoms with E-state index in [0.717, 1.165) is 6.42 Å². The van der Waals surface area contributed by atoms with E-state index in [4.69, 9.17) is 0 Å². The molecule has 98 valence electrons. The standard InChI is InChI=1S/C16H18.C2H6.Ca/c1-13(2)10-11-14(3)15(4)12-16-8-6-5-7-9-16;1-2;/h1,5-11H,4,12H2,2-3H3;1-2H3;/b13-10-,14-11+;;. The zero-order valence-corrected chi connectivity index (χ0v) is 14.9. The van der Waals surface area contributed by atoms with Crippen LogP contribution < -0.4 is 0 Å². The molecule has 1 heteroatoms. The molecule has 0 unspecified atom stereocenters. The fraction of sp³-hybridized carbons (Fsp3) is 0.278. The maximum absolute atomic E-state index is 4.15. The third-order valence-electron chi connectivity index (χ3n) is 2.74. The van der Waals surface area contributed by atoms with Gasteiger partial charge in [-0.25, -0.2) is 0 Å². The van der Waals surface area contributed by atoms with Crippen molar-refractivity contribution in [1.29, 1.82) is 0 Å². The van der Waals surface area contributed by atoms with E-state index in [1.807, 2.05) is 19.9 Å². The van der Waals surface area contributed by atoms with Crippen molar-refractivity contribution < 1.29 is 0 Å². The van der Waals surface area contributed by atoms with Crippen LogP contribution in [-0.4, -0.2) is 37.3 Å². The molecule has 0 aliphatic heterocycles. The van der Waals surface area contributed by atoms with Crippen LogP contribution in [0.15, 0.2) is 65.8 Å². The van der Waals surface area contributed by atoms with Gasteiger partial charge in [0.15, 0.2) is 0 Å². The molecule has 0 N–H and O–H groups in total. The predicted molar refractivity (Wildman–Crippen MR) is 90.0 cm³/mol. The van der Waals surface area contributed by atoms with Crippen LogP contribution in [0, 0.1) is 0 Å². The molecule has 0 amide bonds. The minimum Gasteiger partial charge on any atom is -0.0683 e. The Balaban J connectivity index is 0.00000154. The molecule has 19 heavy (non-hydrogen) atoms. The molecule has 0 aliphatic rings. The van der Waals surface area contributed by atoms with Crippen LogP contribution >= 0.6 is 0 Å². The van der Waals surface area contributed by atoms with Gasteiger partial charge in [-0.1, -0.05) is 13.8 Å². The maximum atomic E-state index is 4.15. The monoisotopic (exact) mass is 280 g/mol. The van der Waals surface area contributed by atoms with Crippen molar-refractivity contribution in [2.75, 3.05) is 0 Å². The first-order valence-electron chi connectivity index (χ1n) is 6.83. The van der Waals surface area contributed by atoms with Gasteiger partial charge in [-0.15, -0.1) is 0 Å². The molecule has 0 aliphatic carbocycles. The molecule has 0 spiro atoms. The first-order chi connectivity index (χ1) is 9.13. The number of hydrogen-bond donors (Lipinski definition) is 0. The Labute approximate surface area is 142 Å². The predicted octanol–water partition coefficient (Wildman–Crippen LogP) is 4.67. The van der Waals surface area contributed by atoms with Crippen LogP contribution in [0.4, 0.5) is 0 Å². The zero-order valence-electron chi connectivity index (χ0n) is 12.7. The van der Waals surface area contributed by atoms with Crippen molar-refractivity contribution in [1.82, 2.24) is 0 Å². The van der Waals surface area contributed by atoms with E-state index in [2.05, 4.69) is 58.9 Å². The summed E-state index contributed by atoms with van der Waals surface area (Å²) in [6.07, 6.45) is 5.25. The van der Waals surface area contributed by atoms with E-state index in [1.54, 1.807) is 0 Å². The molecule has 0 fully saturated rings. The summed E-state index contributed by atoms with van der Waals surface area (Å²) < 4.78 is 2.23. The van der Waals surface area contributed by atoms with Gasteiger partial charge in [0.25, 0.3) is 0 Å². The third kappa shape index (κ3) is 8.36. The number of benzene rings is 1.